The third-order valence-corrected chi connectivity index (χ3v) is 5.09. The predicted octanol–water partition coefficient (Wildman–Crippen LogP) is 2.23. The Morgan fingerprint density at radius 2 is 1.96 bits per heavy atom. The summed E-state index contributed by atoms with van der Waals surface area (Å²) in [7, 11) is 0. The second-order valence-electron chi connectivity index (χ2n) is 6.81. The van der Waals surface area contributed by atoms with E-state index >= 15 is 0 Å². The number of carbonyl (C=O) groups is 2. The van der Waals surface area contributed by atoms with Crippen molar-refractivity contribution in [2.75, 3.05) is 31.1 Å². The number of nitrogens with one attached hydrogen (secondary N) is 2. The number of para-hydroxylation sites is 2. The largest absolute Gasteiger partial charge is 0.482 e. The normalized spacial score (nSPS) is 17.6. The highest BCUT2D eigenvalue weighted by atomic mass is 35.5. The summed E-state index contributed by atoms with van der Waals surface area (Å²) in [6.45, 7) is 1.82. The maximum absolute atomic E-state index is 12.4. The van der Waals surface area contributed by atoms with Gasteiger partial charge in [-0.15, -0.1) is 12.4 Å². The first-order valence-electron chi connectivity index (χ1n) is 9.32. The SMILES string of the molecule is Cl.O=C(CCN1C(=O)COc2ccccc21)NCC1NCCc2ccccc21. The number of benzene rings is 2. The highest BCUT2D eigenvalue weighted by Gasteiger charge is 2.25. The third kappa shape index (κ3) is 4.29. The molecule has 0 radical (unpaired) electrons. The van der Waals surface area contributed by atoms with Crippen LogP contribution in [-0.4, -0.2) is 38.1 Å². The Kier molecular flexibility index (Phi) is 6.54. The number of hydrogen-bond acceptors (Lipinski definition) is 4. The third-order valence-electron chi connectivity index (χ3n) is 5.09. The number of amides is 2. The van der Waals surface area contributed by atoms with Crippen LogP contribution in [0.1, 0.15) is 23.6 Å². The van der Waals surface area contributed by atoms with Crippen molar-refractivity contribution >= 4 is 29.9 Å². The predicted molar refractivity (Wildman–Crippen MR) is 110 cm³/mol. The summed E-state index contributed by atoms with van der Waals surface area (Å²) in [5.74, 6) is 0.501. The molecule has 2 aromatic rings. The molecular weight excluding hydrogens is 378 g/mol. The van der Waals surface area contributed by atoms with E-state index in [1.165, 1.54) is 11.1 Å². The van der Waals surface area contributed by atoms with Gasteiger partial charge >= 0.3 is 0 Å². The van der Waals surface area contributed by atoms with Gasteiger partial charge in [0.25, 0.3) is 5.91 Å². The molecule has 148 valence electrons. The molecule has 2 aliphatic rings. The van der Waals surface area contributed by atoms with Crippen molar-refractivity contribution in [1.82, 2.24) is 10.6 Å². The Bertz CT molecular complexity index is 858. The lowest BCUT2D eigenvalue weighted by atomic mass is 9.94. The van der Waals surface area contributed by atoms with Gasteiger partial charge in [-0.25, -0.2) is 0 Å². The number of fused-ring (bicyclic) bond motifs is 2. The average molecular weight is 402 g/mol. The van der Waals surface area contributed by atoms with E-state index < -0.39 is 0 Å². The summed E-state index contributed by atoms with van der Waals surface area (Å²) in [5.41, 5.74) is 3.32. The first kappa shape index (κ1) is 20.2. The molecule has 6 nitrogen and oxygen atoms in total. The fourth-order valence-electron chi connectivity index (χ4n) is 3.69. The van der Waals surface area contributed by atoms with Crippen molar-refractivity contribution in [2.24, 2.45) is 0 Å². The summed E-state index contributed by atoms with van der Waals surface area (Å²) in [5, 5.41) is 6.46. The number of halogens is 1. The van der Waals surface area contributed by atoms with Crippen LogP contribution in [0.15, 0.2) is 48.5 Å². The molecule has 1 unspecified atom stereocenters. The highest BCUT2D eigenvalue weighted by Crippen LogP contribution is 2.31. The molecule has 2 aromatic carbocycles. The van der Waals surface area contributed by atoms with Crippen LogP contribution in [0.2, 0.25) is 0 Å². The Morgan fingerprint density at radius 1 is 1.18 bits per heavy atom. The minimum absolute atomic E-state index is 0. The molecule has 0 bridgehead atoms. The van der Waals surface area contributed by atoms with Crippen LogP contribution < -0.4 is 20.3 Å². The van der Waals surface area contributed by atoms with Crippen molar-refractivity contribution in [1.29, 1.82) is 0 Å². The van der Waals surface area contributed by atoms with Gasteiger partial charge in [0, 0.05) is 25.6 Å². The minimum Gasteiger partial charge on any atom is -0.482 e. The van der Waals surface area contributed by atoms with Crippen molar-refractivity contribution in [3.8, 4) is 5.75 Å². The Morgan fingerprint density at radius 3 is 2.86 bits per heavy atom. The minimum atomic E-state index is -0.121. The van der Waals surface area contributed by atoms with Crippen molar-refractivity contribution < 1.29 is 14.3 Å². The standard InChI is InChI=1S/C21H23N3O3.ClH/c25-20(23-13-17-16-6-2-1-5-15(16)9-11-22-17)10-12-24-18-7-3-4-8-19(18)27-14-21(24)26;/h1-8,17,22H,9-14H2,(H,23,25);1H. The van der Waals surface area contributed by atoms with E-state index in [1.54, 1.807) is 4.90 Å². The van der Waals surface area contributed by atoms with Crippen LogP contribution in [0.25, 0.3) is 0 Å². The molecule has 2 heterocycles. The molecule has 0 aliphatic carbocycles. The van der Waals surface area contributed by atoms with Crippen LogP contribution in [0.5, 0.6) is 5.75 Å². The zero-order chi connectivity index (χ0) is 18.6. The van der Waals surface area contributed by atoms with Gasteiger partial charge in [-0.05, 0) is 36.2 Å². The molecule has 2 amide bonds. The van der Waals surface area contributed by atoms with E-state index in [9.17, 15) is 9.59 Å². The quantitative estimate of drug-likeness (QED) is 0.806. The lowest BCUT2D eigenvalue weighted by molar-refractivity contribution is -0.122. The monoisotopic (exact) mass is 401 g/mol. The number of ether oxygens (including phenoxy) is 1. The second-order valence-corrected chi connectivity index (χ2v) is 6.81. The molecular formula is C21H24ClN3O3. The molecule has 4 rings (SSSR count). The van der Waals surface area contributed by atoms with E-state index in [4.69, 9.17) is 4.74 Å². The molecule has 0 fully saturated rings. The number of nitrogens with zero attached hydrogens (tertiary/aromatic N) is 1. The first-order chi connectivity index (χ1) is 13.2. The van der Waals surface area contributed by atoms with Gasteiger partial charge in [0.05, 0.1) is 5.69 Å². The van der Waals surface area contributed by atoms with Crippen LogP contribution >= 0.6 is 12.4 Å². The Balaban J connectivity index is 0.00000225. The maximum atomic E-state index is 12.4. The molecule has 28 heavy (non-hydrogen) atoms. The molecule has 0 spiro atoms. The average Bonchev–Trinajstić information content (AvgIpc) is 2.71. The van der Waals surface area contributed by atoms with Crippen LogP contribution in [-0.2, 0) is 16.0 Å². The summed E-state index contributed by atoms with van der Waals surface area (Å²) < 4.78 is 5.43. The molecule has 0 saturated carbocycles. The fourth-order valence-corrected chi connectivity index (χ4v) is 3.69. The van der Waals surface area contributed by atoms with Gasteiger partial charge in [-0.3, -0.25) is 9.59 Å². The van der Waals surface area contributed by atoms with E-state index in [1.807, 2.05) is 30.3 Å². The molecule has 7 heteroatoms. The van der Waals surface area contributed by atoms with E-state index in [2.05, 4.69) is 28.8 Å². The smallest absolute Gasteiger partial charge is 0.265 e. The fraction of sp³-hybridized carbons (Fsp3) is 0.333. The van der Waals surface area contributed by atoms with Gasteiger partial charge in [-0.2, -0.15) is 0 Å². The van der Waals surface area contributed by atoms with Crippen molar-refractivity contribution in [3.63, 3.8) is 0 Å². The lowest BCUT2D eigenvalue weighted by Gasteiger charge is -2.29. The number of anilines is 1. The van der Waals surface area contributed by atoms with Gasteiger partial charge in [0.15, 0.2) is 6.61 Å². The number of carbonyl (C=O) groups excluding carboxylic acids is 2. The van der Waals surface area contributed by atoms with E-state index in [0.29, 0.717) is 18.8 Å². The van der Waals surface area contributed by atoms with Gasteiger partial charge in [0.1, 0.15) is 5.75 Å². The van der Waals surface area contributed by atoms with Gasteiger partial charge < -0.3 is 20.3 Å². The second kappa shape index (κ2) is 9.08. The summed E-state index contributed by atoms with van der Waals surface area (Å²) in [6.07, 6.45) is 1.27. The van der Waals surface area contributed by atoms with Crippen LogP contribution in [0.3, 0.4) is 0 Å². The first-order valence-corrected chi connectivity index (χ1v) is 9.32. The highest BCUT2D eigenvalue weighted by molar-refractivity contribution is 5.98. The van der Waals surface area contributed by atoms with Crippen molar-refractivity contribution in [2.45, 2.75) is 18.9 Å². The Labute approximate surface area is 170 Å². The summed E-state index contributed by atoms with van der Waals surface area (Å²) in [4.78, 5) is 26.2. The molecule has 2 N–H and O–H groups in total. The number of hydrogen-bond donors (Lipinski definition) is 2. The summed E-state index contributed by atoms with van der Waals surface area (Å²) >= 11 is 0. The van der Waals surface area contributed by atoms with E-state index in [-0.39, 0.29) is 43.3 Å². The zero-order valence-electron chi connectivity index (χ0n) is 15.5. The topological polar surface area (TPSA) is 70.7 Å². The lowest BCUT2D eigenvalue weighted by Crippen LogP contribution is -2.42. The zero-order valence-corrected chi connectivity index (χ0v) is 16.3. The Hall–Kier alpha value is -2.57. The molecule has 0 saturated heterocycles. The molecule has 1 atom stereocenters. The number of rotatable bonds is 5. The van der Waals surface area contributed by atoms with Gasteiger partial charge in [0.2, 0.25) is 5.91 Å². The van der Waals surface area contributed by atoms with Crippen LogP contribution in [0.4, 0.5) is 5.69 Å². The van der Waals surface area contributed by atoms with Gasteiger partial charge in [-0.1, -0.05) is 36.4 Å². The molecule has 2 aliphatic heterocycles. The van der Waals surface area contributed by atoms with E-state index in [0.717, 1.165) is 18.7 Å². The summed E-state index contributed by atoms with van der Waals surface area (Å²) in [6, 6.07) is 15.9. The van der Waals surface area contributed by atoms with Crippen molar-refractivity contribution in [3.05, 3.63) is 59.7 Å². The van der Waals surface area contributed by atoms with Crippen LogP contribution in [0, 0.1) is 0 Å². The maximum Gasteiger partial charge on any atom is 0.265 e. The molecule has 0 aromatic heterocycles.